The van der Waals surface area contributed by atoms with E-state index in [0.717, 1.165) is 44.0 Å². The Morgan fingerprint density at radius 1 is 1.33 bits per heavy atom. The van der Waals surface area contributed by atoms with Gasteiger partial charge in [0, 0.05) is 24.3 Å². The molecule has 104 valence electrons. The molecule has 1 saturated carbocycles. The van der Waals surface area contributed by atoms with Gasteiger partial charge in [0.2, 0.25) is 5.91 Å². The largest absolute Gasteiger partial charge is 0.378 e. The Morgan fingerprint density at radius 3 is 2.94 bits per heavy atom. The lowest BCUT2D eigenvalue weighted by Crippen LogP contribution is -2.39. The van der Waals surface area contributed by atoms with Crippen LogP contribution in [0.5, 0.6) is 0 Å². The minimum Gasteiger partial charge on any atom is -0.378 e. The first-order valence-corrected chi connectivity index (χ1v) is 8.50. The summed E-state index contributed by atoms with van der Waals surface area (Å²) in [5.41, 5.74) is 0. The van der Waals surface area contributed by atoms with E-state index in [9.17, 15) is 4.79 Å². The fourth-order valence-electron chi connectivity index (χ4n) is 2.95. The number of hydrogen-bond acceptors (Lipinski definition) is 3. The quantitative estimate of drug-likeness (QED) is 0.835. The van der Waals surface area contributed by atoms with Crippen molar-refractivity contribution in [3.05, 3.63) is 0 Å². The molecule has 1 heterocycles. The Morgan fingerprint density at radius 2 is 2.22 bits per heavy atom. The van der Waals surface area contributed by atoms with Crippen molar-refractivity contribution in [3.8, 4) is 0 Å². The maximum absolute atomic E-state index is 11.9. The molecule has 0 bridgehead atoms. The van der Waals surface area contributed by atoms with Crippen molar-refractivity contribution in [1.82, 2.24) is 5.32 Å². The van der Waals surface area contributed by atoms with Gasteiger partial charge in [0.25, 0.3) is 0 Å². The van der Waals surface area contributed by atoms with Crippen LogP contribution in [-0.2, 0) is 9.53 Å². The van der Waals surface area contributed by atoms with Crippen molar-refractivity contribution < 1.29 is 9.53 Å². The van der Waals surface area contributed by atoms with Gasteiger partial charge < -0.3 is 10.1 Å². The number of nitrogens with one attached hydrogen (secondary N) is 1. The van der Waals surface area contributed by atoms with E-state index < -0.39 is 0 Å². The van der Waals surface area contributed by atoms with Crippen molar-refractivity contribution in [1.29, 1.82) is 0 Å². The van der Waals surface area contributed by atoms with Gasteiger partial charge in [-0.2, -0.15) is 11.8 Å². The Bertz CT molecular complexity index is 267. The normalized spacial score (nSPS) is 32.4. The van der Waals surface area contributed by atoms with Crippen LogP contribution in [0.1, 0.15) is 51.4 Å². The average molecular weight is 271 g/mol. The van der Waals surface area contributed by atoms with Crippen LogP contribution in [0.3, 0.4) is 0 Å². The Labute approximate surface area is 114 Å². The highest BCUT2D eigenvalue weighted by molar-refractivity contribution is 7.99. The zero-order valence-corrected chi connectivity index (χ0v) is 12.1. The van der Waals surface area contributed by atoms with Crippen LogP contribution in [0.15, 0.2) is 0 Å². The summed E-state index contributed by atoms with van der Waals surface area (Å²) in [6.45, 7) is 0.879. The molecule has 1 amide bonds. The Kier molecular flexibility index (Phi) is 5.83. The van der Waals surface area contributed by atoms with E-state index >= 15 is 0 Å². The molecular weight excluding hydrogens is 246 g/mol. The summed E-state index contributed by atoms with van der Waals surface area (Å²) in [5, 5.41) is 3.94. The molecule has 1 aliphatic carbocycles. The monoisotopic (exact) mass is 271 g/mol. The number of amides is 1. The summed E-state index contributed by atoms with van der Waals surface area (Å²) in [6, 6.07) is 0.410. The zero-order valence-electron chi connectivity index (χ0n) is 11.3. The van der Waals surface area contributed by atoms with E-state index in [1.54, 1.807) is 0 Å². The molecule has 0 spiro atoms. The minimum atomic E-state index is 0.220. The van der Waals surface area contributed by atoms with Crippen LogP contribution in [0, 0.1) is 0 Å². The number of ether oxygens (including phenoxy) is 1. The molecule has 1 aliphatic heterocycles. The highest BCUT2D eigenvalue weighted by atomic mass is 32.2. The molecular formula is C14H25NO2S. The molecule has 2 rings (SSSR count). The third-order valence-electron chi connectivity index (χ3n) is 4.04. The third-order valence-corrected chi connectivity index (χ3v) is 5.14. The Balaban J connectivity index is 1.63. The standard InChI is InChI=1S/C14H25NO2S/c1-18-13-6-2-4-11(10-13)15-14(16)8-7-12-5-3-9-17-12/h11-13H,2-10H2,1H3,(H,15,16). The molecule has 1 saturated heterocycles. The summed E-state index contributed by atoms with van der Waals surface area (Å²) < 4.78 is 5.54. The van der Waals surface area contributed by atoms with Crippen LogP contribution in [0.25, 0.3) is 0 Å². The third kappa shape index (κ3) is 4.47. The molecule has 2 aliphatic rings. The first-order chi connectivity index (χ1) is 8.78. The van der Waals surface area contributed by atoms with E-state index in [1.807, 2.05) is 11.8 Å². The van der Waals surface area contributed by atoms with Gasteiger partial charge in [-0.3, -0.25) is 4.79 Å². The summed E-state index contributed by atoms with van der Waals surface area (Å²) >= 11 is 1.94. The van der Waals surface area contributed by atoms with E-state index in [0.29, 0.717) is 18.6 Å². The number of rotatable bonds is 5. The number of carbonyl (C=O) groups is 1. The van der Waals surface area contributed by atoms with Crippen LogP contribution in [0.2, 0.25) is 0 Å². The van der Waals surface area contributed by atoms with Gasteiger partial charge in [-0.25, -0.2) is 0 Å². The smallest absolute Gasteiger partial charge is 0.220 e. The van der Waals surface area contributed by atoms with Crippen molar-refractivity contribution >= 4 is 17.7 Å². The van der Waals surface area contributed by atoms with Crippen molar-refractivity contribution in [3.63, 3.8) is 0 Å². The van der Waals surface area contributed by atoms with E-state index in [2.05, 4.69) is 11.6 Å². The predicted octanol–water partition coefficient (Wildman–Crippen LogP) is 2.74. The molecule has 4 heteroatoms. The fraction of sp³-hybridized carbons (Fsp3) is 0.929. The molecule has 0 aromatic carbocycles. The van der Waals surface area contributed by atoms with Crippen molar-refractivity contribution in [2.24, 2.45) is 0 Å². The van der Waals surface area contributed by atoms with E-state index in [4.69, 9.17) is 4.74 Å². The second-order valence-corrected chi connectivity index (χ2v) is 6.60. The fourth-order valence-corrected chi connectivity index (χ4v) is 3.78. The van der Waals surface area contributed by atoms with Gasteiger partial charge >= 0.3 is 0 Å². The summed E-state index contributed by atoms with van der Waals surface area (Å²) in [4.78, 5) is 11.9. The highest BCUT2D eigenvalue weighted by Crippen LogP contribution is 2.27. The van der Waals surface area contributed by atoms with Gasteiger partial charge in [0.15, 0.2) is 0 Å². The van der Waals surface area contributed by atoms with Gasteiger partial charge in [-0.1, -0.05) is 6.42 Å². The lowest BCUT2D eigenvalue weighted by molar-refractivity contribution is -0.122. The van der Waals surface area contributed by atoms with Gasteiger partial charge in [-0.15, -0.1) is 0 Å². The topological polar surface area (TPSA) is 38.3 Å². The molecule has 18 heavy (non-hydrogen) atoms. The van der Waals surface area contributed by atoms with Crippen LogP contribution in [0.4, 0.5) is 0 Å². The number of hydrogen-bond donors (Lipinski definition) is 1. The number of carbonyl (C=O) groups excluding carboxylic acids is 1. The summed E-state index contributed by atoms with van der Waals surface area (Å²) in [6.07, 6.45) is 11.2. The average Bonchev–Trinajstić information content (AvgIpc) is 2.90. The maximum Gasteiger partial charge on any atom is 0.220 e. The summed E-state index contributed by atoms with van der Waals surface area (Å²) in [5.74, 6) is 0.220. The maximum atomic E-state index is 11.9. The molecule has 0 aromatic heterocycles. The Hall–Kier alpha value is -0.220. The zero-order chi connectivity index (χ0) is 12.8. The molecule has 0 aromatic rings. The van der Waals surface area contributed by atoms with Crippen LogP contribution in [-0.4, -0.2) is 36.2 Å². The first-order valence-electron chi connectivity index (χ1n) is 7.21. The number of thioether (sulfide) groups is 1. The predicted molar refractivity (Wildman–Crippen MR) is 75.9 cm³/mol. The lowest BCUT2D eigenvalue weighted by Gasteiger charge is -2.28. The van der Waals surface area contributed by atoms with Crippen LogP contribution < -0.4 is 5.32 Å². The molecule has 3 atom stereocenters. The second kappa shape index (κ2) is 7.39. The van der Waals surface area contributed by atoms with Gasteiger partial charge in [0.05, 0.1) is 6.10 Å². The van der Waals surface area contributed by atoms with Gasteiger partial charge in [0.1, 0.15) is 0 Å². The minimum absolute atomic E-state index is 0.220. The molecule has 3 unspecified atom stereocenters. The highest BCUT2D eigenvalue weighted by Gasteiger charge is 2.23. The molecule has 1 N–H and O–H groups in total. The molecule has 3 nitrogen and oxygen atoms in total. The SMILES string of the molecule is CSC1CCCC(NC(=O)CCC2CCCO2)C1. The second-order valence-electron chi connectivity index (χ2n) is 5.46. The van der Waals surface area contributed by atoms with E-state index in [1.165, 1.54) is 12.8 Å². The van der Waals surface area contributed by atoms with Crippen molar-refractivity contribution in [2.75, 3.05) is 12.9 Å². The molecule has 2 fully saturated rings. The lowest BCUT2D eigenvalue weighted by atomic mass is 9.95. The van der Waals surface area contributed by atoms with E-state index in [-0.39, 0.29) is 5.91 Å². The van der Waals surface area contributed by atoms with Crippen molar-refractivity contribution in [2.45, 2.75) is 68.8 Å². The van der Waals surface area contributed by atoms with Gasteiger partial charge in [-0.05, 0) is 44.8 Å². The molecule has 0 radical (unpaired) electrons. The first kappa shape index (κ1) is 14.2. The summed E-state index contributed by atoms with van der Waals surface area (Å²) in [7, 11) is 0. The van der Waals surface area contributed by atoms with Crippen LogP contribution >= 0.6 is 11.8 Å².